The van der Waals surface area contributed by atoms with Gasteiger partial charge >= 0.3 is 0 Å². The van der Waals surface area contributed by atoms with Crippen LogP contribution in [0.2, 0.25) is 0 Å². The van der Waals surface area contributed by atoms with Crippen molar-refractivity contribution in [2.24, 2.45) is 5.14 Å². The van der Waals surface area contributed by atoms with Gasteiger partial charge in [0.1, 0.15) is 0 Å². The number of nitrogens with one attached hydrogen (secondary N) is 3. The Morgan fingerprint density at radius 3 is 2.58 bits per heavy atom. The van der Waals surface area contributed by atoms with Crippen LogP contribution >= 0.6 is 0 Å². The Bertz CT molecular complexity index is 1410. The standard InChI is InChI=1S/C20H20N8O4S/c21-33(31,32)15-5-1-11(2-6-15)9-22-19-26-17-13(7-12-8-16(29)25-18(12)30)10-23-28(17)20(27-19)24-14-3-4-14/h1-2,5-7,10,14H,3-4,8-9H2,(H2,21,31,32)(H,25,29,30)(H2,22,24,26,27)/b12-7+. The number of primary sulfonamides is 1. The zero-order valence-corrected chi connectivity index (χ0v) is 18.1. The van der Waals surface area contributed by atoms with E-state index in [-0.39, 0.29) is 17.2 Å². The van der Waals surface area contributed by atoms with E-state index in [0.29, 0.717) is 41.3 Å². The molecule has 0 atom stereocenters. The van der Waals surface area contributed by atoms with Gasteiger partial charge in [0.05, 0.1) is 17.5 Å². The molecule has 0 radical (unpaired) electrons. The minimum Gasteiger partial charge on any atom is -0.351 e. The largest absolute Gasteiger partial charge is 0.351 e. The summed E-state index contributed by atoms with van der Waals surface area (Å²) in [6, 6.07) is 6.49. The Morgan fingerprint density at radius 1 is 1.18 bits per heavy atom. The number of hydrogen-bond donors (Lipinski definition) is 4. The summed E-state index contributed by atoms with van der Waals surface area (Å²) in [5, 5.41) is 18.2. The first-order chi connectivity index (χ1) is 15.8. The molecular weight excluding hydrogens is 448 g/mol. The number of benzene rings is 1. The van der Waals surface area contributed by atoms with Crippen LogP contribution in [0.3, 0.4) is 0 Å². The second-order valence-corrected chi connectivity index (χ2v) is 9.45. The Kier molecular flexibility index (Phi) is 5.06. The molecule has 5 N–H and O–H groups in total. The fraction of sp³-hybridized carbons (Fsp3) is 0.250. The molecule has 2 aliphatic rings. The van der Waals surface area contributed by atoms with Crippen molar-refractivity contribution in [2.75, 3.05) is 10.6 Å². The molecule has 2 fully saturated rings. The van der Waals surface area contributed by atoms with Gasteiger partial charge in [-0.2, -0.15) is 19.6 Å². The maximum Gasteiger partial charge on any atom is 0.254 e. The van der Waals surface area contributed by atoms with Gasteiger partial charge in [-0.1, -0.05) is 12.1 Å². The van der Waals surface area contributed by atoms with Crippen LogP contribution in [0.25, 0.3) is 11.7 Å². The van der Waals surface area contributed by atoms with Crippen LogP contribution in [0, 0.1) is 0 Å². The number of aromatic nitrogens is 4. The molecule has 13 heteroatoms. The molecule has 1 aliphatic heterocycles. The van der Waals surface area contributed by atoms with Gasteiger partial charge in [-0.3, -0.25) is 14.9 Å². The van der Waals surface area contributed by atoms with E-state index in [1.807, 2.05) is 0 Å². The van der Waals surface area contributed by atoms with E-state index in [1.165, 1.54) is 12.1 Å². The van der Waals surface area contributed by atoms with E-state index in [0.717, 1.165) is 18.4 Å². The Labute approximate surface area is 188 Å². The Balaban J connectivity index is 1.45. The van der Waals surface area contributed by atoms with E-state index in [1.54, 1.807) is 28.9 Å². The van der Waals surface area contributed by atoms with E-state index in [9.17, 15) is 18.0 Å². The molecule has 170 valence electrons. The summed E-state index contributed by atoms with van der Waals surface area (Å²) >= 11 is 0. The first-order valence-corrected chi connectivity index (χ1v) is 11.7. The normalized spacial score (nSPS) is 17.5. The van der Waals surface area contributed by atoms with Crippen LogP contribution in [0.15, 0.2) is 40.9 Å². The molecule has 5 rings (SSSR count). The molecule has 0 bridgehead atoms. The highest BCUT2D eigenvalue weighted by atomic mass is 32.2. The topological polar surface area (TPSA) is 173 Å². The molecule has 1 saturated heterocycles. The first kappa shape index (κ1) is 21.0. The molecule has 1 saturated carbocycles. The highest BCUT2D eigenvalue weighted by Gasteiger charge is 2.26. The lowest BCUT2D eigenvalue weighted by Gasteiger charge is -2.10. The van der Waals surface area contributed by atoms with Crippen molar-refractivity contribution < 1.29 is 18.0 Å². The SMILES string of the molecule is NS(=O)(=O)c1ccc(CNc2nc(NC3CC3)n3ncc(/C=C4\CC(=O)NC4=O)c3n2)cc1. The third-order valence-electron chi connectivity index (χ3n) is 5.23. The fourth-order valence-electron chi connectivity index (χ4n) is 3.37. The average molecular weight is 468 g/mol. The second-order valence-electron chi connectivity index (χ2n) is 7.89. The number of nitrogens with two attached hydrogens (primary N) is 1. The quantitative estimate of drug-likeness (QED) is 0.282. The smallest absolute Gasteiger partial charge is 0.254 e. The molecule has 1 aromatic carbocycles. The van der Waals surface area contributed by atoms with Gasteiger partial charge < -0.3 is 10.6 Å². The predicted octanol–water partition coefficient (Wildman–Crippen LogP) is 0.388. The number of fused-ring (bicyclic) bond motifs is 1. The van der Waals surface area contributed by atoms with Gasteiger partial charge in [0.2, 0.25) is 27.8 Å². The predicted molar refractivity (Wildman–Crippen MR) is 118 cm³/mol. The molecular formula is C20H20N8O4S. The van der Waals surface area contributed by atoms with Crippen molar-refractivity contribution in [1.82, 2.24) is 24.9 Å². The van der Waals surface area contributed by atoms with E-state index in [2.05, 4.69) is 31.0 Å². The lowest BCUT2D eigenvalue weighted by Crippen LogP contribution is -2.19. The van der Waals surface area contributed by atoms with Crippen molar-refractivity contribution in [3.05, 3.63) is 47.2 Å². The molecule has 2 aromatic heterocycles. The number of anilines is 2. The average Bonchev–Trinajstić information content (AvgIpc) is 3.40. The molecule has 33 heavy (non-hydrogen) atoms. The maximum absolute atomic E-state index is 11.9. The number of sulfonamides is 1. The summed E-state index contributed by atoms with van der Waals surface area (Å²) in [4.78, 5) is 32.6. The summed E-state index contributed by atoms with van der Waals surface area (Å²) in [5.41, 5.74) is 2.20. The van der Waals surface area contributed by atoms with E-state index in [4.69, 9.17) is 5.14 Å². The number of hydrogen-bond acceptors (Lipinski definition) is 9. The zero-order valence-electron chi connectivity index (χ0n) is 17.3. The van der Waals surface area contributed by atoms with Gasteiger partial charge in [-0.05, 0) is 36.6 Å². The fourth-order valence-corrected chi connectivity index (χ4v) is 3.88. The number of imide groups is 1. The minimum atomic E-state index is -3.76. The summed E-state index contributed by atoms with van der Waals surface area (Å²) in [7, 11) is -3.76. The Morgan fingerprint density at radius 2 is 1.94 bits per heavy atom. The van der Waals surface area contributed by atoms with Crippen molar-refractivity contribution in [1.29, 1.82) is 0 Å². The summed E-state index contributed by atoms with van der Waals surface area (Å²) in [5.74, 6) is 0.0646. The minimum absolute atomic E-state index is 0.00800. The van der Waals surface area contributed by atoms with Gasteiger partial charge in [-0.15, -0.1) is 0 Å². The van der Waals surface area contributed by atoms with E-state index < -0.39 is 15.9 Å². The molecule has 12 nitrogen and oxygen atoms in total. The molecule has 3 heterocycles. The van der Waals surface area contributed by atoms with Crippen LogP contribution in [0.4, 0.5) is 11.9 Å². The van der Waals surface area contributed by atoms with Gasteiger partial charge in [0.25, 0.3) is 5.91 Å². The monoisotopic (exact) mass is 468 g/mol. The van der Waals surface area contributed by atoms with Crippen molar-refractivity contribution >= 4 is 45.5 Å². The van der Waals surface area contributed by atoms with E-state index >= 15 is 0 Å². The Hall–Kier alpha value is -3.84. The van der Waals surface area contributed by atoms with Gasteiger partial charge in [-0.25, -0.2) is 13.6 Å². The number of carbonyl (C=O) groups is 2. The van der Waals surface area contributed by atoms with Crippen molar-refractivity contribution in [3.63, 3.8) is 0 Å². The van der Waals surface area contributed by atoms with Crippen molar-refractivity contribution in [2.45, 2.75) is 36.7 Å². The number of carbonyl (C=O) groups excluding carboxylic acids is 2. The maximum atomic E-state index is 11.9. The molecule has 0 unspecified atom stereocenters. The van der Waals surface area contributed by atoms with Crippen LogP contribution in [0.1, 0.15) is 30.4 Å². The summed E-state index contributed by atoms with van der Waals surface area (Å²) in [6.07, 6.45) is 5.25. The first-order valence-electron chi connectivity index (χ1n) is 10.2. The van der Waals surface area contributed by atoms with Gasteiger partial charge in [0.15, 0.2) is 5.65 Å². The third-order valence-corrected chi connectivity index (χ3v) is 6.16. The molecule has 3 aromatic rings. The molecule has 2 amide bonds. The van der Waals surface area contributed by atoms with Crippen LogP contribution in [0.5, 0.6) is 0 Å². The summed E-state index contributed by atoms with van der Waals surface area (Å²) in [6.45, 7) is 0.339. The molecule has 1 aliphatic carbocycles. The van der Waals surface area contributed by atoms with Crippen LogP contribution in [-0.4, -0.2) is 45.9 Å². The lowest BCUT2D eigenvalue weighted by atomic mass is 10.1. The lowest BCUT2D eigenvalue weighted by molar-refractivity contribution is -0.124. The number of nitrogens with zero attached hydrogens (tertiary/aromatic N) is 4. The highest BCUT2D eigenvalue weighted by Crippen LogP contribution is 2.26. The second kappa shape index (κ2) is 7.94. The third kappa shape index (κ3) is 4.54. The van der Waals surface area contributed by atoms with Crippen LogP contribution < -0.4 is 21.1 Å². The number of amides is 2. The van der Waals surface area contributed by atoms with Crippen molar-refractivity contribution in [3.8, 4) is 0 Å². The summed E-state index contributed by atoms with van der Waals surface area (Å²) < 4.78 is 24.4. The van der Waals surface area contributed by atoms with Gasteiger partial charge in [0, 0.05) is 23.7 Å². The van der Waals surface area contributed by atoms with Crippen LogP contribution in [-0.2, 0) is 26.2 Å². The zero-order chi connectivity index (χ0) is 23.2. The molecule has 0 spiro atoms. The highest BCUT2D eigenvalue weighted by molar-refractivity contribution is 7.89. The number of rotatable bonds is 7.